The van der Waals surface area contributed by atoms with Crippen LogP contribution in [0.5, 0.6) is 0 Å². The van der Waals surface area contributed by atoms with Crippen LogP contribution in [0.1, 0.15) is 54.8 Å². The first-order valence-electron chi connectivity index (χ1n) is 11.9. The molecule has 0 saturated carbocycles. The number of carbonyl (C=O) groups excluding carboxylic acids is 1. The molecular formula is C26H32N6O2. The van der Waals surface area contributed by atoms with Crippen LogP contribution in [0.2, 0.25) is 0 Å². The topological polar surface area (TPSA) is 96.2 Å². The Balaban J connectivity index is 1.29. The van der Waals surface area contributed by atoms with E-state index in [1.165, 1.54) is 17.7 Å². The normalized spacial score (nSPS) is 17.1. The average molecular weight is 461 g/mol. The molecule has 4 heterocycles. The highest BCUT2D eigenvalue weighted by Crippen LogP contribution is 2.40. The zero-order chi connectivity index (χ0) is 23.9. The molecule has 8 nitrogen and oxygen atoms in total. The summed E-state index contributed by atoms with van der Waals surface area (Å²) in [5.41, 5.74) is 5.84. The summed E-state index contributed by atoms with van der Waals surface area (Å²) < 4.78 is 5.23. The second-order valence-corrected chi connectivity index (χ2v) is 10.7. The van der Waals surface area contributed by atoms with Gasteiger partial charge in [0.1, 0.15) is 0 Å². The third-order valence-corrected chi connectivity index (χ3v) is 6.94. The molecule has 34 heavy (non-hydrogen) atoms. The van der Waals surface area contributed by atoms with Crippen LogP contribution in [0.25, 0.3) is 11.1 Å². The summed E-state index contributed by atoms with van der Waals surface area (Å²) >= 11 is 0. The molecule has 5 rings (SSSR count). The number of nitrogens with zero attached hydrogens (tertiary/aromatic N) is 4. The third-order valence-electron chi connectivity index (χ3n) is 6.94. The largest absolute Gasteiger partial charge is 0.369 e. The van der Waals surface area contributed by atoms with E-state index in [0.717, 1.165) is 42.9 Å². The quantitative estimate of drug-likeness (QED) is 0.602. The van der Waals surface area contributed by atoms with Gasteiger partial charge >= 0.3 is 0 Å². The fraction of sp³-hybridized carbons (Fsp3) is 0.462. The van der Waals surface area contributed by atoms with Crippen LogP contribution < -0.4 is 15.5 Å². The molecule has 178 valence electrons. The first-order chi connectivity index (χ1) is 16.2. The summed E-state index contributed by atoms with van der Waals surface area (Å²) in [5.74, 6) is 0.169. The highest BCUT2D eigenvalue weighted by Gasteiger charge is 2.43. The average Bonchev–Trinajstić information content (AvgIpc) is 3.46. The van der Waals surface area contributed by atoms with Crippen LogP contribution in [0.4, 0.5) is 5.69 Å². The lowest BCUT2D eigenvalue weighted by Crippen LogP contribution is -2.54. The van der Waals surface area contributed by atoms with Gasteiger partial charge in [0.2, 0.25) is 5.89 Å². The van der Waals surface area contributed by atoms with Gasteiger partial charge in [0.25, 0.3) is 11.7 Å². The van der Waals surface area contributed by atoms with Gasteiger partial charge in [-0.2, -0.15) is 4.98 Å². The predicted octanol–water partition coefficient (Wildman–Crippen LogP) is 3.47. The maximum Gasteiger partial charge on any atom is 0.292 e. The van der Waals surface area contributed by atoms with Crippen molar-refractivity contribution in [1.82, 2.24) is 25.8 Å². The van der Waals surface area contributed by atoms with Crippen molar-refractivity contribution < 1.29 is 9.32 Å². The lowest BCUT2D eigenvalue weighted by Gasteiger charge is -2.39. The van der Waals surface area contributed by atoms with E-state index in [4.69, 9.17) is 4.52 Å². The van der Waals surface area contributed by atoms with Crippen molar-refractivity contribution in [2.45, 2.75) is 46.1 Å². The van der Waals surface area contributed by atoms with Crippen molar-refractivity contribution >= 4 is 11.6 Å². The van der Waals surface area contributed by atoms with E-state index in [1.54, 1.807) is 0 Å². The lowest BCUT2D eigenvalue weighted by atomic mass is 9.81. The molecule has 0 radical (unpaired) electrons. The molecule has 2 fully saturated rings. The Hall–Kier alpha value is -3.26. The maximum absolute atomic E-state index is 12.5. The predicted molar refractivity (Wildman–Crippen MR) is 131 cm³/mol. The molecule has 2 aliphatic heterocycles. The van der Waals surface area contributed by atoms with E-state index in [2.05, 4.69) is 61.8 Å². The van der Waals surface area contributed by atoms with Gasteiger partial charge in [-0.1, -0.05) is 44.1 Å². The number of pyridine rings is 1. The SMILES string of the molecule is Cc1cc(-c2ccncc2N2CCC3(CNC3)C2)ccc1CNC(=O)c1noc(C(C)(C)C)n1. The molecule has 2 aromatic heterocycles. The Morgan fingerprint density at radius 2 is 2.09 bits per heavy atom. The number of hydrogen-bond acceptors (Lipinski definition) is 7. The molecule has 1 spiro atoms. The van der Waals surface area contributed by atoms with Gasteiger partial charge in [-0.3, -0.25) is 9.78 Å². The van der Waals surface area contributed by atoms with Crippen LogP contribution in [-0.4, -0.2) is 47.2 Å². The van der Waals surface area contributed by atoms with E-state index >= 15 is 0 Å². The van der Waals surface area contributed by atoms with Gasteiger partial charge in [-0.25, -0.2) is 0 Å². The number of nitrogens with one attached hydrogen (secondary N) is 2. The maximum atomic E-state index is 12.5. The number of amides is 1. The van der Waals surface area contributed by atoms with Crippen molar-refractivity contribution in [1.29, 1.82) is 0 Å². The molecule has 2 aliphatic rings. The molecule has 2 saturated heterocycles. The number of aryl methyl sites for hydroxylation is 1. The Bertz CT molecular complexity index is 1210. The van der Waals surface area contributed by atoms with Gasteiger partial charge in [0.15, 0.2) is 0 Å². The van der Waals surface area contributed by atoms with Gasteiger partial charge in [0, 0.05) is 55.3 Å². The molecular weight excluding hydrogens is 428 g/mol. The number of aromatic nitrogens is 3. The van der Waals surface area contributed by atoms with Crippen molar-refractivity contribution in [3.05, 3.63) is 59.5 Å². The number of rotatable bonds is 5. The van der Waals surface area contributed by atoms with Crippen molar-refractivity contribution in [3.63, 3.8) is 0 Å². The van der Waals surface area contributed by atoms with Gasteiger partial charge < -0.3 is 20.1 Å². The molecule has 0 bridgehead atoms. The summed E-state index contributed by atoms with van der Waals surface area (Å²) in [6.07, 6.45) is 5.07. The van der Waals surface area contributed by atoms with E-state index in [-0.39, 0.29) is 17.1 Å². The minimum Gasteiger partial charge on any atom is -0.369 e. The van der Waals surface area contributed by atoms with E-state index in [1.807, 2.05) is 33.2 Å². The molecule has 8 heteroatoms. The number of anilines is 1. The second kappa shape index (κ2) is 8.51. The first kappa shape index (κ1) is 22.5. The number of carbonyl (C=O) groups is 1. The molecule has 0 aliphatic carbocycles. The zero-order valence-electron chi connectivity index (χ0n) is 20.3. The molecule has 0 atom stereocenters. The van der Waals surface area contributed by atoms with Crippen LogP contribution in [0.15, 0.2) is 41.2 Å². The first-order valence-corrected chi connectivity index (χ1v) is 11.9. The van der Waals surface area contributed by atoms with Crippen molar-refractivity contribution in [2.24, 2.45) is 5.41 Å². The number of benzene rings is 1. The molecule has 0 unspecified atom stereocenters. The van der Waals surface area contributed by atoms with Gasteiger partial charge in [-0.05, 0) is 36.1 Å². The van der Waals surface area contributed by atoms with Crippen LogP contribution in [-0.2, 0) is 12.0 Å². The lowest BCUT2D eigenvalue weighted by molar-refractivity contribution is 0.0937. The van der Waals surface area contributed by atoms with Gasteiger partial charge in [0.05, 0.1) is 11.9 Å². The van der Waals surface area contributed by atoms with E-state index in [9.17, 15) is 4.79 Å². The third kappa shape index (κ3) is 4.30. The Kier molecular flexibility index (Phi) is 5.64. The highest BCUT2D eigenvalue weighted by molar-refractivity contribution is 5.90. The van der Waals surface area contributed by atoms with Crippen LogP contribution in [0, 0.1) is 12.3 Å². The standard InChI is InChI=1S/C26H32N6O2/c1-17-11-18(20-7-9-27-13-21(20)32-10-8-26(16-32)14-28-15-26)5-6-19(17)12-29-23(33)22-30-24(34-31-22)25(2,3)4/h5-7,9,11,13,28H,8,10,12,14-16H2,1-4H3,(H,29,33). The fourth-order valence-corrected chi connectivity index (χ4v) is 4.73. The Morgan fingerprint density at radius 3 is 2.74 bits per heavy atom. The summed E-state index contributed by atoms with van der Waals surface area (Å²) in [7, 11) is 0. The second-order valence-electron chi connectivity index (χ2n) is 10.7. The van der Waals surface area contributed by atoms with Crippen LogP contribution in [0.3, 0.4) is 0 Å². The summed E-state index contributed by atoms with van der Waals surface area (Å²) in [6, 6.07) is 8.48. The smallest absolute Gasteiger partial charge is 0.292 e. The highest BCUT2D eigenvalue weighted by atomic mass is 16.5. The summed E-state index contributed by atoms with van der Waals surface area (Å²) in [5, 5.41) is 10.2. The van der Waals surface area contributed by atoms with Crippen molar-refractivity contribution in [3.8, 4) is 11.1 Å². The molecule has 3 aromatic rings. The minimum absolute atomic E-state index is 0.0608. The van der Waals surface area contributed by atoms with Gasteiger partial charge in [-0.15, -0.1) is 0 Å². The molecule has 2 N–H and O–H groups in total. The van der Waals surface area contributed by atoms with Crippen molar-refractivity contribution in [2.75, 3.05) is 31.1 Å². The monoisotopic (exact) mass is 460 g/mol. The van der Waals surface area contributed by atoms with Crippen LogP contribution >= 0.6 is 0 Å². The minimum atomic E-state index is -0.340. The molecule has 1 aromatic carbocycles. The number of hydrogen-bond donors (Lipinski definition) is 2. The zero-order valence-corrected chi connectivity index (χ0v) is 20.3. The Morgan fingerprint density at radius 1 is 1.26 bits per heavy atom. The Labute approximate surface area is 200 Å². The fourth-order valence-electron chi connectivity index (χ4n) is 4.73. The molecule has 1 amide bonds. The summed E-state index contributed by atoms with van der Waals surface area (Å²) in [4.78, 5) is 23.6. The summed E-state index contributed by atoms with van der Waals surface area (Å²) in [6.45, 7) is 12.7. The van der Waals surface area contributed by atoms with E-state index < -0.39 is 0 Å². The van der Waals surface area contributed by atoms with E-state index in [0.29, 0.717) is 17.9 Å².